The van der Waals surface area contributed by atoms with Gasteiger partial charge in [-0.3, -0.25) is 4.79 Å². The molecule has 2 aromatic rings. The number of nitrogens with zero attached hydrogens (tertiary/aromatic N) is 3. The number of aromatic nitrogens is 3. The van der Waals surface area contributed by atoms with Gasteiger partial charge in [0.2, 0.25) is 5.95 Å². The number of hydrogen-bond acceptors (Lipinski definition) is 3. The van der Waals surface area contributed by atoms with Gasteiger partial charge in [0.25, 0.3) is 0 Å². The molecule has 0 atom stereocenters. The number of fused-ring (bicyclic) bond motifs is 1. The van der Waals surface area contributed by atoms with Crippen molar-refractivity contribution < 1.29 is 9.18 Å². The third-order valence-corrected chi connectivity index (χ3v) is 1.94. The van der Waals surface area contributed by atoms with Crippen molar-refractivity contribution in [2.24, 2.45) is 0 Å². The van der Waals surface area contributed by atoms with Crippen molar-refractivity contribution in [3.05, 3.63) is 29.5 Å². The normalized spacial score (nSPS) is 10.8. The third-order valence-electron chi connectivity index (χ3n) is 1.94. The molecule has 0 aliphatic rings. The number of carbonyl (C=O) groups excluding carboxylic acids is 1. The SMILES string of the molecule is CC(=O)c1ccc2nc(C)c(F)n2n1. The molecule has 0 amide bonds. The van der Waals surface area contributed by atoms with E-state index in [1.54, 1.807) is 13.0 Å². The molecule has 2 heterocycles. The van der Waals surface area contributed by atoms with Gasteiger partial charge in [0.05, 0.1) is 5.69 Å². The van der Waals surface area contributed by atoms with E-state index < -0.39 is 5.95 Å². The lowest BCUT2D eigenvalue weighted by Crippen LogP contribution is -2.03. The van der Waals surface area contributed by atoms with Crippen LogP contribution in [-0.2, 0) is 0 Å². The average molecular weight is 193 g/mol. The highest BCUT2D eigenvalue weighted by molar-refractivity contribution is 5.92. The predicted molar refractivity (Wildman–Crippen MR) is 47.7 cm³/mol. The van der Waals surface area contributed by atoms with Gasteiger partial charge >= 0.3 is 0 Å². The molecule has 0 N–H and O–H groups in total. The van der Waals surface area contributed by atoms with Crippen LogP contribution in [0, 0.1) is 12.9 Å². The molecule has 5 heteroatoms. The van der Waals surface area contributed by atoms with E-state index >= 15 is 0 Å². The Morgan fingerprint density at radius 2 is 2.21 bits per heavy atom. The van der Waals surface area contributed by atoms with Gasteiger partial charge in [0, 0.05) is 6.92 Å². The van der Waals surface area contributed by atoms with Gasteiger partial charge in [0.15, 0.2) is 11.4 Å². The van der Waals surface area contributed by atoms with Gasteiger partial charge in [-0.05, 0) is 19.1 Å². The zero-order valence-electron chi connectivity index (χ0n) is 7.78. The summed E-state index contributed by atoms with van der Waals surface area (Å²) in [6, 6.07) is 3.10. The predicted octanol–water partition coefficient (Wildman–Crippen LogP) is 1.38. The maximum absolute atomic E-state index is 13.3. The molecular formula is C9H8FN3O. The fourth-order valence-corrected chi connectivity index (χ4v) is 1.20. The number of aryl methyl sites for hydroxylation is 1. The summed E-state index contributed by atoms with van der Waals surface area (Å²) >= 11 is 0. The van der Waals surface area contributed by atoms with E-state index in [-0.39, 0.29) is 17.2 Å². The van der Waals surface area contributed by atoms with Crippen LogP contribution in [0.25, 0.3) is 5.65 Å². The van der Waals surface area contributed by atoms with Gasteiger partial charge in [0.1, 0.15) is 5.69 Å². The van der Waals surface area contributed by atoms with E-state index in [1.807, 2.05) is 0 Å². The summed E-state index contributed by atoms with van der Waals surface area (Å²) in [4.78, 5) is 14.9. The number of rotatable bonds is 1. The molecule has 0 aliphatic heterocycles. The number of hydrogen-bond donors (Lipinski definition) is 0. The second-order valence-electron chi connectivity index (χ2n) is 3.03. The third kappa shape index (κ3) is 1.17. The Morgan fingerprint density at radius 3 is 2.86 bits per heavy atom. The van der Waals surface area contributed by atoms with Crippen LogP contribution in [0.1, 0.15) is 23.1 Å². The highest BCUT2D eigenvalue weighted by Gasteiger charge is 2.10. The van der Waals surface area contributed by atoms with E-state index in [1.165, 1.54) is 13.0 Å². The molecular weight excluding hydrogens is 185 g/mol. The van der Waals surface area contributed by atoms with Gasteiger partial charge in [-0.2, -0.15) is 14.0 Å². The zero-order chi connectivity index (χ0) is 10.3. The van der Waals surface area contributed by atoms with Crippen molar-refractivity contribution in [2.45, 2.75) is 13.8 Å². The van der Waals surface area contributed by atoms with Crippen LogP contribution in [0.15, 0.2) is 12.1 Å². The Labute approximate surface area is 79.4 Å². The lowest BCUT2D eigenvalue weighted by atomic mass is 10.3. The molecule has 72 valence electrons. The number of halogens is 1. The van der Waals surface area contributed by atoms with Gasteiger partial charge < -0.3 is 0 Å². The van der Waals surface area contributed by atoms with Crippen molar-refractivity contribution in [3.63, 3.8) is 0 Å². The lowest BCUT2D eigenvalue weighted by molar-refractivity contribution is 0.101. The zero-order valence-corrected chi connectivity index (χ0v) is 7.78. The maximum atomic E-state index is 13.3. The first-order chi connectivity index (χ1) is 6.59. The minimum Gasteiger partial charge on any atom is -0.293 e. The molecule has 0 fully saturated rings. The van der Waals surface area contributed by atoms with E-state index in [4.69, 9.17) is 0 Å². The summed E-state index contributed by atoms with van der Waals surface area (Å²) in [7, 11) is 0. The molecule has 0 aromatic carbocycles. The first kappa shape index (κ1) is 8.80. The molecule has 0 spiro atoms. The topological polar surface area (TPSA) is 47.3 Å². The average Bonchev–Trinajstić information content (AvgIpc) is 2.43. The minimum absolute atomic E-state index is 0.197. The van der Waals surface area contributed by atoms with Crippen LogP contribution in [0.5, 0.6) is 0 Å². The van der Waals surface area contributed by atoms with Crippen molar-refractivity contribution in [2.75, 3.05) is 0 Å². The molecule has 4 nitrogen and oxygen atoms in total. The summed E-state index contributed by atoms with van der Waals surface area (Å²) in [6.07, 6.45) is 0. The van der Waals surface area contributed by atoms with Crippen LogP contribution in [0.4, 0.5) is 4.39 Å². The van der Waals surface area contributed by atoms with Gasteiger partial charge in [-0.15, -0.1) is 0 Å². The molecule has 0 radical (unpaired) electrons. The van der Waals surface area contributed by atoms with E-state index in [9.17, 15) is 9.18 Å². The Morgan fingerprint density at radius 1 is 1.50 bits per heavy atom. The Balaban J connectivity index is 2.76. The second-order valence-corrected chi connectivity index (χ2v) is 3.03. The molecule has 0 bridgehead atoms. The summed E-state index contributed by atoms with van der Waals surface area (Å²) < 4.78 is 14.4. The molecule has 0 aliphatic carbocycles. The van der Waals surface area contributed by atoms with Crippen LogP contribution in [0.2, 0.25) is 0 Å². The van der Waals surface area contributed by atoms with Crippen molar-refractivity contribution in [3.8, 4) is 0 Å². The van der Waals surface area contributed by atoms with Crippen LogP contribution in [0.3, 0.4) is 0 Å². The Bertz CT molecular complexity index is 518. The molecule has 0 unspecified atom stereocenters. The lowest BCUT2D eigenvalue weighted by Gasteiger charge is -1.95. The van der Waals surface area contributed by atoms with E-state index in [0.29, 0.717) is 5.65 Å². The summed E-state index contributed by atoms with van der Waals surface area (Å²) in [6.45, 7) is 2.94. The van der Waals surface area contributed by atoms with Crippen molar-refractivity contribution in [1.29, 1.82) is 0 Å². The molecule has 14 heavy (non-hydrogen) atoms. The number of Topliss-reactive ketones (excluding diaryl/α,β-unsaturated/α-hetero) is 1. The highest BCUT2D eigenvalue weighted by atomic mass is 19.1. The fraction of sp³-hybridized carbons (Fsp3) is 0.222. The Hall–Kier alpha value is -1.78. The largest absolute Gasteiger partial charge is 0.293 e. The molecule has 2 aromatic heterocycles. The Kier molecular flexibility index (Phi) is 1.80. The van der Waals surface area contributed by atoms with Crippen molar-refractivity contribution >= 4 is 11.4 Å². The molecule has 0 saturated carbocycles. The fourth-order valence-electron chi connectivity index (χ4n) is 1.20. The molecule has 2 rings (SSSR count). The van der Waals surface area contributed by atoms with E-state index in [2.05, 4.69) is 10.1 Å². The summed E-state index contributed by atoms with van der Waals surface area (Å²) in [5.74, 6) is -0.722. The monoisotopic (exact) mass is 193 g/mol. The van der Waals surface area contributed by atoms with Crippen LogP contribution in [-0.4, -0.2) is 20.4 Å². The number of ketones is 1. The highest BCUT2D eigenvalue weighted by Crippen LogP contribution is 2.09. The van der Waals surface area contributed by atoms with Crippen molar-refractivity contribution in [1.82, 2.24) is 14.6 Å². The smallest absolute Gasteiger partial charge is 0.237 e. The standard InChI is InChI=1S/C9H8FN3O/c1-5-9(10)13-8(11-5)4-3-7(12-13)6(2)14/h3-4H,1-2H3. The van der Waals surface area contributed by atoms with Gasteiger partial charge in [-0.25, -0.2) is 4.98 Å². The summed E-state index contributed by atoms with van der Waals surface area (Å²) in [5.41, 5.74) is 0.914. The first-order valence-electron chi connectivity index (χ1n) is 4.12. The summed E-state index contributed by atoms with van der Waals surface area (Å²) in [5, 5.41) is 3.82. The number of imidazole rings is 1. The van der Waals surface area contributed by atoms with Crippen LogP contribution >= 0.6 is 0 Å². The van der Waals surface area contributed by atoms with E-state index in [0.717, 1.165) is 4.52 Å². The number of carbonyl (C=O) groups is 1. The maximum Gasteiger partial charge on any atom is 0.237 e. The second kappa shape index (κ2) is 2.87. The van der Waals surface area contributed by atoms with Gasteiger partial charge in [-0.1, -0.05) is 0 Å². The van der Waals surface area contributed by atoms with Crippen LogP contribution < -0.4 is 0 Å². The first-order valence-corrected chi connectivity index (χ1v) is 4.12. The quantitative estimate of drug-likeness (QED) is 0.643. The minimum atomic E-state index is -0.525. The molecule has 0 saturated heterocycles.